The van der Waals surface area contributed by atoms with Crippen LogP contribution in [0.25, 0.3) is 0 Å². The molecule has 5 nitrogen and oxygen atoms in total. The van der Waals surface area contributed by atoms with Crippen LogP contribution in [0.2, 0.25) is 0 Å². The number of halogens is 1. The molecule has 29 heavy (non-hydrogen) atoms. The van der Waals surface area contributed by atoms with Crippen molar-refractivity contribution in [1.29, 1.82) is 0 Å². The summed E-state index contributed by atoms with van der Waals surface area (Å²) in [7, 11) is 0. The molecule has 0 atom stereocenters. The molecule has 0 saturated carbocycles. The summed E-state index contributed by atoms with van der Waals surface area (Å²) in [5, 5.41) is 3.41. The monoisotopic (exact) mass is 391 g/mol. The molecule has 0 amide bonds. The summed E-state index contributed by atoms with van der Waals surface area (Å²) in [4.78, 5) is 13.8. The molecular weight excluding hydrogens is 365 g/mol. The van der Waals surface area contributed by atoms with Crippen molar-refractivity contribution < 1.29 is 4.39 Å². The van der Waals surface area contributed by atoms with Crippen molar-refractivity contribution in [3.05, 3.63) is 71.3 Å². The molecule has 150 valence electrons. The molecule has 0 spiro atoms. The first-order chi connectivity index (χ1) is 14.0. The standard InChI is InChI=1S/C23H26FN5/c1-16-4-7-20(14-17(16)2)27-22-15-23(26-18(3)25-22)29-12-10-28(11-13-29)21-8-5-19(24)6-9-21/h4-9,14-15H,10-13H2,1-3H3,(H,25,26,27). The van der Waals surface area contributed by atoms with Gasteiger partial charge in [-0.1, -0.05) is 6.07 Å². The third kappa shape index (κ3) is 4.47. The van der Waals surface area contributed by atoms with Crippen LogP contribution in [-0.2, 0) is 0 Å². The molecule has 2 aromatic carbocycles. The maximum Gasteiger partial charge on any atom is 0.136 e. The van der Waals surface area contributed by atoms with Gasteiger partial charge in [0.25, 0.3) is 0 Å². The number of hydrogen-bond donors (Lipinski definition) is 1. The number of aryl methyl sites for hydroxylation is 3. The van der Waals surface area contributed by atoms with Crippen molar-refractivity contribution in [1.82, 2.24) is 9.97 Å². The Hall–Kier alpha value is -3.15. The SMILES string of the molecule is Cc1nc(Nc2ccc(C)c(C)c2)cc(N2CCN(c3ccc(F)cc3)CC2)n1. The normalized spacial score (nSPS) is 14.2. The third-order valence-corrected chi connectivity index (χ3v) is 5.40. The summed E-state index contributed by atoms with van der Waals surface area (Å²) in [5.41, 5.74) is 4.60. The van der Waals surface area contributed by atoms with Gasteiger partial charge < -0.3 is 15.1 Å². The van der Waals surface area contributed by atoms with E-state index in [1.807, 2.05) is 25.1 Å². The Morgan fingerprint density at radius 3 is 2.17 bits per heavy atom. The minimum absolute atomic E-state index is 0.201. The number of nitrogens with zero attached hydrogens (tertiary/aromatic N) is 4. The van der Waals surface area contributed by atoms with Gasteiger partial charge in [-0.25, -0.2) is 14.4 Å². The first kappa shape index (κ1) is 19.2. The third-order valence-electron chi connectivity index (χ3n) is 5.40. The maximum atomic E-state index is 13.2. The fraction of sp³-hybridized carbons (Fsp3) is 0.304. The number of benzene rings is 2. The van der Waals surface area contributed by atoms with Crippen LogP contribution in [0.3, 0.4) is 0 Å². The van der Waals surface area contributed by atoms with Crippen molar-refractivity contribution in [2.45, 2.75) is 20.8 Å². The molecule has 3 aromatic rings. The highest BCUT2D eigenvalue weighted by Gasteiger charge is 2.19. The lowest BCUT2D eigenvalue weighted by Crippen LogP contribution is -2.46. The average Bonchev–Trinajstić information content (AvgIpc) is 2.71. The van der Waals surface area contributed by atoms with Gasteiger partial charge in [0.2, 0.25) is 0 Å². The van der Waals surface area contributed by atoms with E-state index in [2.05, 4.69) is 57.1 Å². The quantitative estimate of drug-likeness (QED) is 0.704. The van der Waals surface area contributed by atoms with Gasteiger partial charge in [-0.3, -0.25) is 0 Å². The summed E-state index contributed by atoms with van der Waals surface area (Å²) < 4.78 is 13.2. The average molecular weight is 391 g/mol. The van der Waals surface area contributed by atoms with Crippen molar-refractivity contribution >= 4 is 23.0 Å². The number of hydrogen-bond acceptors (Lipinski definition) is 5. The zero-order valence-corrected chi connectivity index (χ0v) is 17.1. The van der Waals surface area contributed by atoms with Crippen LogP contribution < -0.4 is 15.1 Å². The fourth-order valence-electron chi connectivity index (χ4n) is 3.59. The minimum Gasteiger partial charge on any atom is -0.368 e. The fourth-order valence-corrected chi connectivity index (χ4v) is 3.59. The Bertz CT molecular complexity index is 995. The Morgan fingerprint density at radius 2 is 1.48 bits per heavy atom. The van der Waals surface area contributed by atoms with E-state index in [1.54, 1.807) is 0 Å². The second-order valence-electron chi connectivity index (χ2n) is 7.53. The summed E-state index contributed by atoms with van der Waals surface area (Å²) in [6.07, 6.45) is 0. The van der Waals surface area contributed by atoms with Crippen molar-refractivity contribution in [2.75, 3.05) is 41.3 Å². The van der Waals surface area contributed by atoms with Gasteiger partial charge in [-0.2, -0.15) is 0 Å². The minimum atomic E-state index is -0.201. The van der Waals surface area contributed by atoms with E-state index in [0.717, 1.165) is 55.0 Å². The molecule has 0 unspecified atom stereocenters. The molecule has 0 radical (unpaired) electrons. The van der Waals surface area contributed by atoms with E-state index in [4.69, 9.17) is 0 Å². The van der Waals surface area contributed by atoms with Gasteiger partial charge in [-0.15, -0.1) is 0 Å². The molecule has 1 aliphatic heterocycles. The highest BCUT2D eigenvalue weighted by molar-refractivity contribution is 5.61. The Labute approximate surface area is 171 Å². The number of anilines is 4. The predicted molar refractivity (Wildman–Crippen MR) is 117 cm³/mol. The molecule has 1 saturated heterocycles. The van der Waals surface area contributed by atoms with E-state index in [1.165, 1.54) is 23.3 Å². The van der Waals surface area contributed by atoms with Gasteiger partial charge in [-0.05, 0) is 68.3 Å². The lowest BCUT2D eigenvalue weighted by molar-refractivity contribution is 0.624. The molecule has 4 rings (SSSR count). The summed E-state index contributed by atoms with van der Waals surface area (Å²) in [6.45, 7) is 9.59. The molecule has 1 N–H and O–H groups in total. The van der Waals surface area contributed by atoms with Crippen LogP contribution in [0.1, 0.15) is 17.0 Å². The van der Waals surface area contributed by atoms with Crippen LogP contribution >= 0.6 is 0 Å². The largest absolute Gasteiger partial charge is 0.368 e. The first-order valence-corrected chi connectivity index (χ1v) is 9.93. The second kappa shape index (κ2) is 8.07. The molecule has 6 heteroatoms. The van der Waals surface area contributed by atoms with Crippen molar-refractivity contribution in [3.8, 4) is 0 Å². The second-order valence-corrected chi connectivity index (χ2v) is 7.53. The van der Waals surface area contributed by atoms with Crippen LogP contribution in [0.5, 0.6) is 0 Å². The lowest BCUT2D eigenvalue weighted by Gasteiger charge is -2.36. The number of piperazine rings is 1. The predicted octanol–water partition coefficient (Wildman–Crippen LogP) is 4.61. The Balaban J connectivity index is 1.46. The summed E-state index contributed by atoms with van der Waals surface area (Å²) in [5.74, 6) is 2.28. The molecule has 0 aliphatic carbocycles. The zero-order chi connectivity index (χ0) is 20.4. The van der Waals surface area contributed by atoms with Crippen LogP contribution in [0, 0.1) is 26.6 Å². The maximum absolute atomic E-state index is 13.2. The highest BCUT2D eigenvalue weighted by atomic mass is 19.1. The lowest BCUT2D eigenvalue weighted by atomic mass is 10.1. The van der Waals surface area contributed by atoms with Gasteiger partial charge in [0, 0.05) is 43.6 Å². The van der Waals surface area contributed by atoms with Crippen molar-refractivity contribution in [2.24, 2.45) is 0 Å². The Morgan fingerprint density at radius 1 is 0.793 bits per heavy atom. The Kier molecular flexibility index (Phi) is 5.34. The van der Waals surface area contributed by atoms with Crippen molar-refractivity contribution in [3.63, 3.8) is 0 Å². The van der Waals surface area contributed by atoms with Crippen LogP contribution in [0.15, 0.2) is 48.5 Å². The summed E-state index contributed by atoms with van der Waals surface area (Å²) in [6, 6.07) is 15.0. The van der Waals surface area contributed by atoms with Gasteiger partial charge in [0.05, 0.1) is 0 Å². The van der Waals surface area contributed by atoms with E-state index >= 15 is 0 Å². The molecule has 2 heterocycles. The van der Waals surface area contributed by atoms with Gasteiger partial charge in [0.15, 0.2) is 0 Å². The molecule has 1 aromatic heterocycles. The topological polar surface area (TPSA) is 44.3 Å². The molecule has 1 aliphatic rings. The molecular formula is C23H26FN5. The summed E-state index contributed by atoms with van der Waals surface area (Å²) >= 11 is 0. The van der Waals surface area contributed by atoms with E-state index in [9.17, 15) is 4.39 Å². The number of nitrogens with one attached hydrogen (secondary N) is 1. The molecule has 0 bridgehead atoms. The van der Waals surface area contributed by atoms with E-state index in [0.29, 0.717) is 0 Å². The number of rotatable bonds is 4. The smallest absolute Gasteiger partial charge is 0.136 e. The van der Waals surface area contributed by atoms with E-state index in [-0.39, 0.29) is 5.82 Å². The van der Waals surface area contributed by atoms with Gasteiger partial charge >= 0.3 is 0 Å². The zero-order valence-electron chi connectivity index (χ0n) is 17.1. The molecule has 1 fully saturated rings. The van der Waals surface area contributed by atoms with Crippen LogP contribution in [0.4, 0.5) is 27.4 Å². The first-order valence-electron chi connectivity index (χ1n) is 9.93. The number of aromatic nitrogens is 2. The highest BCUT2D eigenvalue weighted by Crippen LogP contribution is 2.24. The van der Waals surface area contributed by atoms with Crippen LogP contribution in [-0.4, -0.2) is 36.1 Å². The van der Waals surface area contributed by atoms with E-state index < -0.39 is 0 Å². The van der Waals surface area contributed by atoms with Gasteiger partial charge in [0.1, 0.15) is 23.3 Å².